The SMILES string of the molecule is C[C@H]1CCc2[nH]c3c(C(=O)O)cccc3c2C1. The zero-order valence-corrected chi connectivity index (χ0v) is 9.79. The Balaban J connectivity index is 2.28. The standard InChI is InChI=1S/C14H15NO2/c1-8-5-6-12-11(7-8)9-3-2-4-10(14(16)17)13(9)15-12/h2-4,8,15H,5-7H2,1H3,(H,16,17)/t8-/m0/s1. The first kappa shape index (κ1) is 10.4. The van der Waals surface area contributed by atoms with Crippen LogP contribution in [0.25, 0.3) is 10.9 Å². The van der Waals surface area contributed by atoms with Crippen molar-refractivity contribution >= 4 is 16.9 Å². The van der Waals surface area contributed by atoms with Gasteiger partial charge in [0.05, 0.1) is 11.1 Å². The summed E-state index contributed by atoms with van der Waals surface area (Å²) in [5.74, 6) is -0.169. The van der Waals surface area contributed by atoms with E-state index in [2.05, 4.69) is 11.9 Å². The maximum atomic E-state index is 11.2. The van der Waals surface area contributed by atoms with E-state index in [0.717, 1.165) is 23.7 Å². The number of carboxylic acids is 1. The van der Waals surface area contributed by atoms with Gasteiger partial charge in [-0.2, -0.15) is 0 Å². The fourth-order valence-corrected chi connectivity index (χ4v) is 2.79. The van der Waals surface area contributed by atoms with Crippen molar-refractivity contribution in [2.24, 2.45) is 5.92 Å². The molecule has 0 saturated heterocycles. The quantitative estimate of drug-likeness (QED) is 0.789. The number of fused-ring (bicyclic) bond motifs is 3. The first-order valence-corrected chi connectivity index (χ1v) is 6.02. The van der Waals surface area contributed by atoms with Crippen LogP contribution in [0.3, 0.4) is 0 Å². The minimum atomic E-state index is -0.859. The summed E-state index contributed by atoms with van der Waals surface area (Å²) in [6.45, 7) is 2.25. The summed E-state index contributed by atoms with van der Waals surface area (Å²) in [6.07, 6.45) is 3.27. The van der Waals surface area contributed by atoms with Gasteiger partial charge < -0.3 is 10.1 Å². The van der Waals surface area contributed by atoms with E-state index in [9.17, 15) is 9.90 Å². The molecule has 0 fully saturated rings. The lowest BCUT2D eigenvalue weighted by atomic mass is 9.87. The van der Waals surface area contributed by atoms with Gasteiger partial charge in [0, 0.05) is 11.1 Å². The number of aryl methyl sites for hydroxylation is 1. The van der Waals surface area contributed by atoms with Crippen LogP contribution in [0.4, 0.5) is 0 Å². The van der Waals surface area contributed by atoms with E-state index in [0.29, 0.717) is 11.5 Å². The molecule has 0 unspecified atom stereocenters. The van der Waals surface area contributed by atoms with E-state index < -0.39 is 5.97 Å². The number of rotatable bonds is 1. The molecule has 0 spiro atoms. The number of aromatic carboxylic acids is 1. The van der Waals surface area contributed by atoms with Crippen LogP contribution in [0.5, 0.6) is 0 Å². The first-order valence-electron chi connectivity index (χ1n) is 6.02. The van der Waals surface area contributed by atoms with Crippen molar-refractivity contribution in [1.82, 2.24) is 4.98 Å². The van der Waals surface area contributed by atoms with Crippen LogP contribution in [-0.4, -0.2) is 16.1 Å². The van der Waals surface area contributed by atoms with Crippen LogP contribution in [0, 0.1) is 5.92 Å². The fraction of sp³-hybridized carbons (Fsp3) is 0.357. The van der Waals surface area contributed by atoms with Gasteiger partial charge in [-0.15, -0.1) is 0 Å². The minimum absolute atomic E-state index is 0.379. The van der Waals surface area contributed by atoms with Crippen molar-refractivity contribution in [3.63, 3.8) is 0 Å². The molecule has 17 heavy (non-hydrogen) atoms. The molecule has 3 nitrogen and oxygen atoms in total. The summed E-state index contributed by atoms with van der Waals surface area (Å²) in [5, 5.41) is 10.3. The van der Waals surface area contributed by atoms with Gasteiger partial charge in [-0.3, -0.25) is 0 Å². The Labute approximate surface area is 99.5 Å². The number of nitrogens with one attached hydrogen (secondary N) is 1. The molecular formula is C14H15NO2. The summed E-state index contributed by atoms with van der Waals surface area (Å²) in [7, 11) is 0. The zero-order valence-electron chi connectivity index (χ0n) is 9.79. The Hall–Kier alpha value is -1.77. The molecule has 1 atom stereocenters. The number of benzene rings is 1. The van der Waals surface area contributed by atoms with Crippen LogP contribution < -0.4 is 0 Å². The molecule has 3 rings (SSSR count). The highest BCUT2D eigenvalue weighted by molar-refractivity contribution is 6.03. The van der Waals surface area contributed by atoms with Gasteiger partial charge in [-0.1, -0.05) is 19.1 Å². The first-order chi connectivity index (χ1) is 8.16. The molecule has 0 amide bonds. The lowest BCUT2D eigenvalue weighted by Crippen LogP contribution is -2.09. The molecule has 1 heterocycles. The number of H-pyrrole nitrogens is 1. The van der Waals surface area contributed by atoms with Gasteiger partial charge in [-0.25, -0.2) is 4.79 Å². The van der Waals surface area contributed by atoms with Crippen LogP contribution in [0.1, 0.15) is 35.0 Å². The van der Waals surface area contributed by atoms with Gasteiger partial charge in [-0.05, 0) is 36.8 Å². The number of para-hydroxylation sites is 1. The van der Waals surface area contributed by atoms with Gasteiger partial charge >= 0.3 is 5.97 Å². The maximum Gasteiger partial charge on any atom is 0.337 e. The second-order valence-corrected chi connectivity index (χ2v) is 4.96. The summed E-state index contributed by atoms with van der Waals surface area (Å²) < 4.78 is 0. The molecule has 1 aromatic heterocycles. The van der Waals surface area contributed by atoms with Gasteiger partial charge in [0.25, 0.3) is 0 Å². The topological polar surface area (TPSA) is 53.1 Å². The number of aromatic nitrogens is 1. The molecule has 0 radical (unpaired) electrons. The number of carboxylic acid groups (broad SMARTS) is 1. The van der Waals surface area contributed by atoms with E-state index in [1.54, 1.807) is 6.07 Å². The van der Waals surface area contributed by atoms with E-state index >= 15 is 0 Å². The largest absolute Gasteiger partial charge is 0.478 e. The average Bonchev–Trinajstić information content (AvgIpc) is 2.66. The van der Waals surface area contributed by atoms with Gasteiger partial charge in [0.2, 0.25) is 0 Å². The highest BCUT2D eigenvalue weighted by atomic mass is 16.4. The van der Waals surface area contributed by atoms with Crippen LogP contribution in [-0.2, 0) is 12.8 Å². The zero-order chi connectivity index (χ0) is 12.0. The molecule has 2 aromatic rings. The number of carbonyl (C=O) groups is 1. The molecular weight excluding hydrogens is 214 g/mol. The van der Waals surface area contributed by atoms with E-state index in [1.165, 1.54) is 17.7 Å². The van der Waals surface area contributed by atoms with Crippen molar-refractivity contribution in [2.75, 3.05) is 0 Å². The fourth-order valence-electron chi connectivity index (χ4n) is 2.79. The average molecular weight is 229 g/mol. The smallest absolute Gasteiger partial charge is 0.337 e. The van der Waals surface area contributed by atoms with Gasteiger partial charge in [0.1, 0.15) is 0 Å². The van der Waals surface area contributed by atoms with E-state index in [-0.39, 0.29) is 0 Å². The Morgan fingerprint density at radius 1 is 1.47 bits per heavy atom. The highest BCUT2D eigenvalue weighted by Crippen LogP contribution is 2.32. The third-order valence-corrected chi connectivity index (χ3v) is 3.70. The number of hydrogen-bond acceptors (Lipinski definition) is 1. The predicted molar refractivity (Wildman–Crippen MR) is 66.4 cm³/mol. The second kappa shape index (κ2) is 3.62. The Morgan fingerprint density at radius 2 is 2.29 bits per heavy atom. The highest BCUT2D eigenvalue weighted by Gasteiger charge is 2.21. The Bertz CT molecular complexity index is 598. The number of hydrogen-bond donors (Lipinski definition) is 2. The van der Waals surface area contributed by atoms with Crippen molar-refractivity contribution in [1.29, 1.82) is 0 Å². The molecule has 0 aliphatic heterocycles. The summed E-state index contributed by atoms with van der Waals surface area (Å²) >= 11 is 0. The van der Waals surface area contributed by atoms with Crippen LogP contribution in [0.2, 0.25) is 0 Å². The van der Waals surface area contributed by atoms with Crippen LogP contribution >= 0.6 is 0 Å². The number of aromatic amines is 1. The summed E-state index contributed by atoms with van der Waals surface area (Å²) in [6, 6.07) is 5.52. The Kier molecular flexibility index (Phi) is 2.21. The minimum Gasteiger partial charge on any atom is -0.478 e. The molecule has 3 heteroatoms. The molecule has 1 aromatic carbocycles. The van der Waals surface area contributed by atoms with Crippen molar-refractivity contribution < 1.29 is 9.90 Å². The van der Waals surface area contributed by atoms with Crippen LogP contribution in [0.15, 0.2) is 18.2 Å². The third-order valence-electron chi connectivity index (χ3n) is 3.70. The van der Waals surface area contributed by atoms with E-state index in [4.69, 9.17) is 0 Å². The van der Waals surface area contributed by atoms with Gasteiger partial charge in [0.15, 0.2) is 0 Å². The summed E-state index contributed by atoms with van der Waals surface area (Å²) in [5.41, 5.74) is 3.72. The van der Waals surface area contributed by atoms with Crippen molar-refractivity contribution in [3.8, 4) is 0 Å². The van der Waals surface area contributed by atoms with Crippen molar-refractivity contribution in [2.45, 2.75) is 26.2 Å². The Morgan fingerprint density at radius 3 is 3.06 bits per heavy atom. The molecule has 88 valence electrons. The lowest BCUT2D eigenvalue weighted by Gasteiger charge is -2.17. The maximum absolute atomic E-state index is 11.2. The van der Waals surface area contributed by atoms with E-state index in [1.807, 2.05) is 12.1 Å². The molecule has 0 bridgehead atoms. The molecule has 1 aliphatic rings. The molecule has 2 N–H and O–H groups in total. The predicted octanol–water partition coefficient (Wildman–Crippen LogP) is 2.99. The molecule has 0 saturated carbocycles. The second-order valence-electron chi connectivity index (χ2n) is 4.96. The third kappa shape index (κ3) is 1.54. The monoisotopic (exact) mass is 229 g/mol. The molecule has 1 aliphatic carbocycles. The normalized spacial score (nSPS) is 19.2. The lowest BCUT2D eigenvalue weighted by molar-refractivity contribution is 0.0699. The summed E-state index contributed by atoms with van der Waals surface area (Å²) in [4.78, 5) is 14.5. The van der Waals surface area contributed by atoms with Crippen molar-refractivity contribution in [3.05, 3.63) is 35.0 Å².